The Kier molecular flexibility index (Phi) is 8.52. The monoisotopic (exact) mass is 352 g/mol. The lowest BCUT2D eigenvalue weighted by Crippen LogP contribution is -2.15. The molecule has 0 aliphatic rings. The number of carbonyl (C=O) groups is 1. The van der Waals surface area contributed by atoms with Crippen molar-refractivity contribution in [2.45, 2.75) is 64.9 Å². The number of rotatable bonds is 11. The fraction of sp³-hybridized carbons (Fsp3) is 0.588. The molecule has 0 bridgehead atoms. The number of benzene rings is 1. The molecule has 138 valence electrons. The predicted octanol–water partition coefficient (Wildman–Crippen LogP) is 4.80. The normalized spacial score (nSPS) is 11.8. The molecule has 0 aliphatic carbocycles. The quantitative estimate of drug-likeness (QED) is 0.245. The van der Waals surface area contributed by atoms with E-state index in [9.17, 15) is 25.0 Å². The van der Waals surface area contributed by atoms with E-state index < -0.39 is 27.2 Å². The molecule has 25 heavy (non-hydrogen) atoms. The van der Waals surface area contributed by atoms with E-state index in [-0.39, 0.29) is 11.7 Å². The van der Waals surface area contributed by atoms with Gasteiger partial charge in [-0.3, -0.25) is 20.2 Å². The second-order valence-corrected chi connectivity index (χ2v) is 6.02. The summed E-state index contributed by atoms with van der Waals surface area (Å²) < 4.78 is 5.25. The minimum Gasteiger partial charge on any atom is -0.459 e. The Balaban J connectivity index is 2.61. The third-order valence-corrected chi connectivity index (χ3v) is 3.83. The summed E-state index contributed by atoms with van der Waals surface area (Å²) in [6, 6.07) is 2.80. The average molecular weight is 352 g/mol. The van der Waals surface area contributed by atoms with E-state index in [1.807, 2.05) is 0 Å². The number of carbonyl (C=O) groups excluding carboxylic acids is 1. The molecule has 0 saturated heterocycles. The Morgan fingerprint density at radius 1 is 1.00 bits per heavy atom. The lowest BCUT2D eigenvalue weighted by atomic mass is 10.1. The molecule has 0 N–H and O–H groups in total. The molecule has 1 atom stereocenters. The van der Waals surface area contributed by atoms with Gasteiger partial charge >= 0.3 is 5.97 Å². The Morgan fingerprint density at radius 3 is 2.04 bits per heavy atom. The highest BCUT2D eigenvalue weighted by molar-refractivity contribution is 5.91. The molecule has 1 rings (SSSR count). The fourth-order valence-corrected chi connectivity index (χ4v) is 2.45. The first kappa shape index (κ1) is 20.5. The zero-order valence-corrected chi connectivity index (χ0v) is 14.6. The number of nitrogens with zero attached hydrogens (tertiary/aromatic N) is 2. The summed E-state index contributed by atoms with van der Waals surface area (Å²) in [6.07, 6.45) is 7.07. The van der Waals surface area contributed by atoms with Gasteiger partial charge in [0.25, 0.3) is 11.4 Å². The van der Waals surface area contributed by atoms with Crippen LogP contribution in [-0.4, -0.2) is 21.9 Å². The topological polar surface area (TPSA) is 113 Å². The highest BCUT2D eigenvalue weighted by Crippen LogP contribution is 2.23. The van der Waals surface area contributed by atoms with Gasteiger partial charge in [-0.05, 0) is 19.8 Å². The minimum absolute atomic E-state index is 0.185. The van der Waals surface area contributed by atoms with Gasteiger partial charge in [-0.25, -0.2) is 4.79 Å². The van der Waals surface area contributed by atoms with E-state index in [0.29, 0.717) is 6.42 Å². The number of nitro benzene ring substituents is 2. The third kappa shape index (κ3) is 7.28. The highest BCUT2D eigenvalue weighted by Gasteiger charge is 2.21. The molecule has 1 aromatic rings. The molecule has 0 heterocycles. The third-order valence-electron chi connectivity index (χ3n) is 3.83. The van der Waals surface area contributed by atoms with Gasteiger partial charge in [0.05, 0.1) is 27.6 Å². The van der Waals surface area contributed by atoms with E-state index in [1.54, 1.807) is 6.92 Å². The number of ether oxygens (including phenoxy) is 1. The molecular formula is C17H24N2O6. The summed E-state index contributed by atoms with van der Waals surface area (Å²) in [5.41, 5.74) is -1.20. The van der Waals surface area contributed by atoms with Crippen LogP contribution in [-0.2, 0) is 4.74 Å². The van der Waals surface area contributed by atoms with Crippen LogP contribution in [0.5, 0.6) is 0 Å². The number of non-ortho nitro benzene ring substituents is 2. The maximum atomic E-state index is 12.1. The van der Waals surface area contributed by atoms with Crippen LogP contribution in [0.1, 0.15) is 69.2 Å². The Bertz CT molecular complexity index is 585. The summed E-state index contributed by atoms with van der Waals surface area (Å²) in [6.45, 7) is 3.90. The maximum absolute atomic E-state index is 12.1. The van der Waals surface area contributed by atoms with Crippen LogP contribution in [0.25, 0.3) is 0 Å². The van der Waals surface area contributed by atoms with Crippen molar-refractivity contribution in [3.8, 4) is 0 Å². The summed E-state index contributed by atoms with van der Waals surface area (Å²) in [4.78, 5) is 32.3. The minimum atomic E-state index is -0.787. The van der Waals surface area contributed by atoms with E-state index in [4.69, 9.17) is 4.74 Å². The molecule has 0 amide bonds. The van der Waals surface area contributed by atoms with Crippen LogP contribution in [0.3, 0.4) is 0 Å². The first-order valence-electron chi connectivity index (χ1n) is 8.50. The molecule has 8 heteroatoms. The van der Waals surface area contributed by atoms with E-state index in [1.165, 1.54) is 19.3 Å². The SMILES string of the molecule is CCCCCCCC[C@H](C)OC(=O)c1cc([N+](=O)[O-])cc([N+](=O)[O-])c1. The number of esters is 1. The smallest absolute Gasteiger partial charge is 0.338 e. The van der Waals surface area contributed by atoms with Crippen LogP contribution in [0.2, 0.25) is 0 Å². The molecular weight excluding hydrogens is 328 g/mol. The Morgan fingerprint density at radius 2 is 1.52 bits per heavy atom. The number of hydrogen-bond donors (Lipinski definition) is 0. The van der Waals surface area contributed by atoms with Gasteiger partial charge in [-0.2, -0.15) is 0 Å². The number of nitro groups is 2. The summed E-state index contributed by atoms with van der Waals surface area (Å²) in [5.74, 6) is -0.787. The maximum Gasteiger partial charge on any atom is 0.338 e. The van der Waals surface area contributed by atoms with E-state index in [2.05, 4.69) is 6.92 Å². The predicted molar refractivity (Wildman–Crippen MR) is 92.6 cm³/mol. The van der Waals surface area contributed by atoms with Gasteiger partial charge in [0.1, 0.15) is 0 Å². The van der Waals surface area contributed by atoms with Crippen molar-refractivity contribution in [1.29, 1.82) is 0 Å². The second-order valence-electron chi connectivity index (χ2n) is 6.02. The average Bonchev–Trinajstić information content (AvgIpc) is 2.57. The molecule has 0 unspecified atom stereocenters. The summed E-state index contributed by atoms with van der Waals surface area (Å²) in [7, 11) is 0. The van der Waals surface area contributed by atoms with Gasteiger partial charge in [0, 0.05) is 12.1 Å². The van der Waals surface area contributed by atoms with Crippen molar-refractivity contribution in [3.63, 3.8) is 0 Å². The van der Waals surface area contributed by atoms with Crippen LogP contribution in [0.4, 0.5) is 11.4 Å². The van der Waals surface area contributed by atoms with E-state index >= 15 is 0 Å². The van der Waals surface area contributed by atoms with Gasteiger partial charge in [0.2, 0.25) is 0 Å². The Hall–Kier alpha value is -2.51. The van der Waals surface area contributed by atoms with Crippen molar-refractivity contribution < 1.29 is 19.4 Å². The zero-order chi connectivity index (χ0) is 18.8. The van der Waals surface area contributed by atoms with Gasteiger partial charge in [-0.1, -0.05) is 39.0 Å². The van der Waals surface area contributed by atoms with Gasteiger partial charge in [-0.15, -0.1) is 0 Å². The second kappa shape index (κ2) is 10.4. The van der Waals surface area contributed by atoms with Crippen molar-refractivity contribution in [3.05, 3.63) is 44.0 Å². The van der Waals surface area contributed by atoms with Crippen LogP contribution in [0.15, 0.2) is 18.2 Å². The molecule has 0 aromatic heterocycles. The standard InChI is InChI=1S/C17H24N2O6/c1-3-4-5-6-7-8-9-13(2)25-17(20)14-10-15(18(21)22)12-16(11-14)19(23)24/h10-13H,3-9H2,1-2H3/t13-/m0/s1. The van der Waals surface area contributed by atoms with Crippen LogP contribution >= 0.6 is 0 Å². The molecule has 0 saturated carbocycles. The number of unbranched alkanes of at least 4 members (excludes halogenated alkanes) is 5. The molecule has 0 radical (unpaired) electrons. The fourth-order valence-electron chi connectivity index (χ4n) is 2.45. The van der Waals surface area contributed by atoms with Crippen LogP contribution < -0.4 is 0 Å². The molecule has 0 spiro atoms. The van der Waals surface area contributed by atoms with Gasteiger partial charge < -0.3 is 4.74 Å². The first-order valence-corrected chi connectivity index (χ1v) is 8.50. The molecule has 8 nitrogen and oxygen atoms in total. The summed E-state index contributed by atoms with van der Waals surface area (Å²) in [5, 5.41) is 21.7. The lowest BCUT2D eigenvalue weighted by molar-refractivity contribution is -0.394. The molecule has 0 fully saturated rings. The highest BCUT2D eigenvalue weighted by atomic mass is 16.6. The lowest BCUT2D eigenvalue weighted by Gasteiger charge is -2.13. The molecule has 1 aromatic carbocycles. The van der Waals surface area contributed by atoms with Crippen molar-refractivity contribution in [2.24, 2.45) is 0 Å². The van der Waals surface area contributed by atoms with Crippen molar-refractivity contribution >= 4 is 17.3 Å². The van der Waals surface area contributed by atoms with Gasteiger partial charge in [0.15, 0.2) is 0 Å². The Labute approximate surface area is 146 Å². The largest absolute Gasteiger partial charge is 0.459 e. The van der Waals surface area contributed by atoms with Crippen molar-refractivity contribution in [1.82, 2.24) is 0 Å². The summed E-state index contributed by atoms with van der Waals surface area (Å²) >= 11 is 0. The first-order chi connectivity index (χ1) is 11.8. The zero-order valence-electron chi connectivity index (χ0n) is 14.6. The molecule has 0 aliphatic heterocycles. The van der Waals surface area contributed by atoms with Crippen LogP contribution in [0, 0.1) is 20.2 Å². The number of hydrogen-bond acceptors (Lipinski definition) is 6. The van der Waals surface area contributed by atoms with E-state index in [0.717, 1.165) is 37.5 Å². The van der Waals surface area contributed by atoms with Crippen molar-refractivity contribution in [2.75, 3.05) is 0 Å².